The Morgan fingerprint density at radius 1 is 1.21 bits per heavy atom. The second-order valence-electron chi connectivity index (χ2n) is 7.31. The fraction of sp³-hybridized carbons (Fsp3) is 0.318. The average molecular weight is 434 g/mol. The Balaban J connectivity index is 1.59. The highest BCUT2D eigenvalue weighted by Crippen LogP contribution is 2.35. The Bertz CT molecular complexity index is 1000. The van der Waals surface area contributed by atoms with Crippen LogP contribution < -0.4 is 10.2 Å². The summed E-state index contributed by atoms with van der Waals surface area (Å²) in [7, 11) is 0. The average Bonchev–Trinajstić information content (AvgIpc) is 3.05. The van der Waals surface area contributed by atoms with E-state index < -0.39 is 0 Å². The first kappa shape index (κ1) is 20.3. The Morgan fingerprint density at radius 2 is 1.93 bits per heavy atom. The lowest BCUT2D eigenvalue weighted by Crippen LogP contribution is -3.15. The van der Waals surface area contributed by atoms with Crippen LogP contribution in [0.1, 0.15) is 28.2 Å². The minimum absolute atomic E-state index is 0.106. The molecule has 1 aliphatic heterocycles. The van der Waals surface area contributed by atoms with Gasteiger partial charge in [-0.2, -0.15) is 0 Å². The number of fused-ring (bicyclic) bond motifs is 1. The van der Waals surface area contributed by atoms with Crippen molar-refractivity contribution in [1.82, 2.24) is 5.32 Å². The highest BCUT2D eigenvalue weighted by Gasteiger charge is 2.33. The van der Waals surface area contributed by atoms with Gasteiger partial charge in [-0.05, 0) is 25.1 Å². The van der Waals surface area contributed by atoms with Gasteiger partial charge in [0.25, 0.3) is 5.91 Å². The Labute approximate surface area is 178 Å². The van der Waals surface area contributed by atoms with Crippen molar-refractivity contribution in [2.75, 3.05) is 26.3 Å². The van der Waals surface area contributed by atoms with Gasteiger partial charge < -0.3 is 15.0 Å². The molecule has 0 aliphatic carbocycles. The molecule has 2 aromatic carbocycles. The largest absolute Gasteiger partial charge is 0.370 e. The third-order valence-electron chi connectivity index (χ3n) is 5.39. The number of benzene rings is 2. The number of quaternary nitrogens is 1. The fourth-order valence-electron chi connectivity index (χ4n) is 4.02. The highest BCUT2D eigenvalue weighted by atomic mass is 35.5. The number of morpholine rings is 1. The molecule has 4 nitrogen and oxygen atoms in total. The van der Waals surface area contributed by atoms with E-state index in [4.69, 9.17) is 16.3 Å². The molecule has 0 saturated carbocycles. The summed E-state index contributed by atoms with van der Waals surface area (Å²) in [4.78, 5) is 14.8. The van der Waals surface area contributed by atoms with E-state index in [2.05, 4.69) is 17.4 Å². The first-order valence-corrected chi connectivity index (χ1v) is 10.9. The van der Waals surface area contributed by atoms with E-state index in [0.717, 1.165) is 13.1 Å². The number of ether oxygens (including phenoxy) is 1. The molecule has 2 heterocycles. The molecule has 2 atom stereocenters. The van der Waals surface area contributed by atoms with E-state index in [1.54, 1.807) is 6.07 Å². The van der Waals surface area contributed by atoms with Gasteiger partial charge in [0.05, 0.1) is 24.3 Å². The van der Waals surface area contributed by atoms with E-state index in [9.17, 15) is 9.18 Å². The van der Waals surface area contributed by atoms with Gasteiger partial charge in [0, 0.05) is 15.6 Å². The standard InChI is InChI=1S/C22H22ClFN2O2S/c1-14(20(15-5-3-2-4-6-15)26-9-11-28-12-10-26)25-22(27)21-19(23)17-8-7-16(24)13-18(17)29-21/h2-8,13-14,20H,9-12H2,1H3,(H,25,27)/p+1/t14-,20-/m0/s1. The molecule has 1 amide bonds. The van der Waals surface area contributed by atoms with E-state index >= 15 is 0 Å². The van der Waals surface area contributed by atoms with Crippen LogP contribution in [0.15, 0.2) is 48.5 Å². The normalized spacial score (nSPS) is 17.2. The quantitative estimate of drug-likeness (QED) is 0.647. The van der Waals surface area contributed by atoms with E-state index in [-0.39, 0.29) is 23.8 Å². The van der Waals surface area contributed by atoms with Gasteiger partial charge in [0.2, 0.25) is 0 Å². The number of nitrogens with one attached hydrogen (secondary N) is 2. The Morgan fingerprint density at radius 3 is 2.66 bits per heavy atom. The third kappa shape index (κ3) is 4.31. The second kappa shape index (κ2) is 8.79. The second-order valence-corrected chi connectivity index (χ2v) is 8.74. The van der Waals surface area contributed by atoms with Gasteiger partial charge in [-0.15, -0.1) is 11.3 Å². The van der Waals surface area contributed by atoms with Crippen LogP contribution in [-0.4, -0.2) is 38.3 Å². The van der Waals surface area contributed by atoms with E-state index in [0.29, 0.717) is 33.2 Å². The summed E-state index contributed by atoms with van der Waals surface area (Å²) >= 11 is 7.66. The number of carbonyl (C=O) groups excluding carboxylic acids is 1. The van der Waals surface area contributed by atoms with Crippen molar-refractivity contribution in [2.24, 2.45) is 0 Å². The van der Waals surface area contributed by atoms with Gasteiger partial charge in [0.15, 0.2) is 0 Å². The van der Waals surface area contributed by atoms with E-state index in [1.165, 1.54) is 33.9 Å². The van der Waals surface area contributed by atoms with Gasteiger partial charge in [-0.25, -0.2) is 4.39 Å². The van der Waals surface area contributed by atoms with Crippen LogP contribution in [-0.2, 0) is 4.74 Å². The molecule has 4 rings (SSSR count). The predicted octanol–water partition coefficient (Wildman–Crippen LogP) is 3.47. The molecule has 1 aliphatic rings. The summed E-state index contributed by atoms with van der Waals surface area (Å²) in [5.74, 6) is -0.562. The molecule has 0 bridgehead atoms. The van der Waals surface area contributed by atoms with Gasteiger partial charge in [-0.1, -0.05) is 41.9 Å². The molecule has 0 spiro atoms. The molecule has 0 unspecified atom stereocenters. The molecule has 152 valence electrons. The zero-order valence-electron chi connectivity index (χ0n) is 16.1. The van der Waals surface area contributed by atoms with Gasteiger partial charge in [-0.3, -0.25) is 4.79 Å². The number of hydrogen-bond donors (Lipinski definition) is 2. The van der Waals surface area contributed by atoms with Crippen LogP contribution in [0.2, 0.25) is 5.02 Å². The zero-order valence-corrected chi connectivity index (χ0v) is 17.7. The van der Waals surface area contributed by atoms with Gasteiger partial charge >= 0.3 is 0 Å². The first-order valence-electron chi connectivity index (χ1n) is 9.70. The minimum Gasteiger partial charge on any atom is -0.370 e. The van der Waals surface area contributed by atoms with Crippen molar-refractivity contribution < 1.29 is 18.8 Å². The fourth-order valence-corrected chi connectivity index (χ4v) is 5.47. The summed E-state index contributed by atoms with van der Waals surface area (Å²) in [6, 6.07) is 14.6. The van der Waals surface area contributed by atoms with Crippen molar-refractivity contribution in [2.45, 2.75) is 19.0 Å². The lowest BCUT2D eigenvalue weighted by molar-refractivity contribution is -0.940. The number of hydrogen-bond acceptors (Lipinski definition) is 3. The monoisotopic (exact) mass is 433 g/mol. The highest BCUT2D eigenvalue weighted by molar-refractivity contribution is 7.21. The summed E-state index contributed by atoms with van der Waals surface area (Å²) in [5.41, 5.74) is 1.18. The van der Waals surface area contributed by atoms with Crippen molar-refractivity contribution in [3.63, 3.8) is 0 Å². The number of halogens is 2. The van der Waals surface area contributed by atoms with Crippen LogP contribution in [0.25, 0.3) is 10.1 Å². The predicted molar refractivity (Wildman–Crippen MR) is 114 cm³/mol. The summed E-state index contributed by atoms with van der Waals surface area (Å²) < 4.78 is 19.7. The molecule has 1 fully saturated rings. The molecule has 1 saturated heterocycles. The van der Waals surface area contributed by atoms with Crippen molar-refractivity contribution >= 4 is 38.9 Å². The topological polar surface area (TPSA) is 42.8 Å². The summed E-state index contributed by atoms with van der Waals surface area (Å²) in [5, 5.41) is 4.22. The molecule has 3 aromatic rings. The maximum absolute atomic E-state index is 13.5. The van der Waals surface area contributed by atoms with Crippen LogP contribution in [0.4, 0.5) is 4.39 Å². The molecular formula is C22H23ClFN2O2S+. The van der Waals surface area contributed by atoms with Crippen LogP contribution in [0, 0.1) is 5.82 Å². The SMILES string of the molecule is C[C@H](NC(=O)c1sc2cc(F)ccc2c1Cl)[C@@H](c1ccccc1)[NH+]1CCOCC1. The lowest BCUT2D eigenvalue weighted by Gasteiger charge is -2.35. The number of carbonyl (C=O) groups is 1. The zero-order chi connectivity index (χ0) is 20.4. The molecule has 0 radical (unpaired) electrons. The van der Waals surface area contributed by atoms with Crippen LogP contribution in [0.5, 0.6) is 0 Å². The van der Waals surface area contributed by atoms with Crippen molar-refractivity contribution in [3.8, 4) is 0 Å². The molecule has 29 heavy (non-hydrogen) atoms. The maximum Gasteiger partial charge on any atom is 0.263 e. The first-order chi connectivity index (χ1) is 14.0. The van der Waals surface area contributed by atoms with Crippen LogP contribution >= 0.6 is 22.9 Å². The molecule has 7 heteroatoms. The Hall–Kier alpha value is -1.99. The smallest absolute Gasteiger partial charge is 0.263 e. The maximum atomic E-state index is 13.5. The van der Waals surface area contributed by atoms with Crippen molar-refractivity contribution in [1.29, 1.82) is 0 Å². The van der Waals surface area contributed by atoms with Gasteiger partial charge in [0.1, 0.15) is 29.8 Å². The van der Waals surface area contributed by atoms with Crippen LogP contribution in [0.3, 0.4) is 0 Å². The summed E-state index contributed by atoms with van der Waals surface area (Å²) in [6.45, 7) is 5.24. The number of amides is 1. The molecular weight excluding hydrogens is 411 g/mol. The molecule has 1 aromatic heterocycles. The number of rotatable bonds is 5. The van der Waals surface area contributed by atoms with Crippen molar-refractivity contribution in [3.05, 3.63) is 69.8 Å². The number of thiophene rings is 1. The molecule has 2 N–H and O–H groups in total. The summed E-state index contributed by atoms with van der Waals surface area (Å²) in [6.07, 6.45) is 0. The minimum atomic E-state index is -0.337. The van der Waals surface area contributed by atoms with E-state index in [1.807, 2.05) is 25.1 Å². The third-order valence-corrected chi connectivity index (χ3v) is 7.05. The Kier molecular flexibility index (Phi) is 6.15. The lowest BCUT2D eigenvalue weighted by atomic mass is 9.98.